The standard InChI is InChI=1S/C22H18ClFN4O/c1-27-12-4-7-20(27)18-13-21(28(26-18)19-6-3-2-5-17(19)23)22(29)25-14-15-8-10-16(24)11-9-15/h2-13H,14H2,1H3,(H,25,29). The van der Waals surface area contributed by atoms with Gasteiger partial charge in [-0.05, 0) is 48.0 Å². The Morgan fingerprint density at radius 1 is 1.10 bits per heavy atom. The average molecular weight is 409 g/mol. The third-order valence-corrected chi connectivity index (χ3v) is 4.91. The highest BCUT2D eigenvalue weighted by Gasteiger charge is 2.19. The van der Waals surface area contributed by atoms with Crippen molar-refractivity contribution in [1.82, 2.24) is 19.7 Å². The molecule has 4 rings (SSSR count). The lowest BCUT2D eigenvalue weighted by atomic mass is 10.2. The van der Waals surface area contributed by atoms with Gasteiger partial charge in [0.15, 0.2) is 0 Å². The molecule has 0 bridgehead atoms. The Hall–Kier alpha value is -3.38. The van der Waals surface area contributed by atoms with Gasteiger partial charge < -0.3 is 9.88 Å². The van der Waals surface area contributed by atoms with Crippen LogP contribution in [-0.4, -0.2) is 20.3 Å². The minimum Gasteiger partial charge on any atom is -0.349 e. The van der Waals surface area contributed by atoms with E-state index in [1.54, 1.807) is 35.0 Å². The molecule has 0 aliphatic carbocycles. The largest absolute Gasteiger partial charge is 0.349 e. The number of hydrogen-bond acceptors (Lipinski definition) is 2. The number of para-hydroxylation sites is 1. The van der Waals surface area contributed by atoms with Crippen LogP contribution in [0.1, 0.15) is 16.1 Å². The SMILES string of the molecule is Cn1cccc1-c1cc(C(=O)NCc2ccc(F)cc2)n(-c2ccccc2Cl)n1. The van der Waals surface area contributed by atoms with E-state index in [2.05, 4.69) is 10.4 Å². The van der Waals surface area contributed by atoms with Gasteiger partial charge >= 0.3 is 0 Å². The molecule has 2 aromatic heterocycles. The number of benzene rings is 2. The second kappa shape index (κ2) is 7.93. The Morgan fingerprint density at radius 3 is 2.55 bits per heavy atom. The summed E-state index contributed by atoms with van der Waals surface area (Å²) in [6.45, 7) is 0.270. The summed E-state index contributed by atoms with van der Waals surface area (Å²) in [6, 6.07) is 18.8. The third kappa shape index (κ3) is 3.93. The molecule has 0 aliphatic rings. The van der Waals surface area contributed by atoms with Crippen molar-refractivity contribution >= 4 is 17.5 Å². The van der Waals surface area contributed by atoms with Crippen molar-refractivity contribution in [1.29, 1.82) is 0 Å². The quantitative estimate of drug-likeness (QED) is 0.524. The summed E-state index contributed by atoms with van der Waals surface area (Å²) in [5, 5.41) is 7.99. The summed E-state index contributed by atoms with van der Waals surface area (Å²) in [5.41, 5.74) is 3.30. The van der Waals surface area contributed by atoms with Gasteiger partial charge in [-0.2, -0.15) is 5.10 Å². The molecule has 29 heavy (non-hydrogen) atoms. The zero-order valence-electron chi connectivity index (χ0n) is 15.6. The fourth-order valence-electron chi connectivity index (χ4n) is 3.08. The highest BCUT2D eigenvalue weighted by Crippen LogP contribution is 2.25. The number of aryl methyl sites for hydroxylation is 1. The number of rotatable bonds is 5. The van der Waals surface area contributed by atoms with Crippen LogP contribution < -0.4 is 5.32 Å². The molecule has 0 saturated carbocycles. The van der Waals surface area contributed by atoms with Crippen molar-refractivity contribution in [3.05, 3.63) is 95.0 Å². The highest BCUT2D eigenvalue weighted by atomic mass is 35.5. The summed E-state index contributed by atoms with van der Waals surface area (Å²) in [4.78, 5) is 13.0. The summed E-state index contributed by atoms with van der Waals surface area (Å²) in [5.74, 6) is -0.619. The van der Waals surface area contributed by atoms with E-state index in [4.69, 9.17) is 11.6 Å². The number of nitrogens with zero attached hydrogens (tertiary/aromatic N) is 3. The van der Waals surface area contributed by atoms with Gasteiger partial charge in [0.25, 0.3) is 5.91 Å². The highest BCUT2D eigenvalue weighted by molar-refractivity contribution is 6.32. The molecule has 5 nitrogen and oxygen atoms in total. The van der Waals surface area contributed by atoms with Gasteiger partial charge in [-0.3, -0.25) is 4.79 Å². The molecule has 0 atom stereocenters. The van der Waals surface area contributed by atoms with E-state index in [1.165, 1.54) is 12.1 Å². The summed E-state index contributed by atoms with van der Waals surface area (Å²) in [6.07, 6.45) is 1.91. The normalized spacial score (nSPS) is 10.9. The van der Waals surface area contributed by atoms with Gasteiger partial charge in [0, 0.05) is 19.8 Å². The smallest absolute Gasteiger partial charge is 0.270 e. The number of halogens is 2. The maximum absolute atomic E-state index is 13.1. The van der Waals surface area contributed by atoms with Crippen molar-refractivity contribution < 1.29 is 9.18 Å². The molecule has 2 heterocycles. The zero-order chi connectivity index (χ0) is 20.4. The van der Waals surface area contributed by atoms with Crippen molar-refractivity contribution in [2.24, 2.45) is 7.05 Å². The van der Waals surface area contributed by atoms with Crippen molar-refractivity contribution in [3.63, 3.8) is 0 Å². The van der Waals surface area contributed by atoms with Gasteiger partial charge in [-0.25, -0.2) is 9.07 Å². The second-order valence-electron chi connectivity index (χ2n) is 6.59. The van der Waals surface area contributed by atoms with Crippen LogP contribution in [0.2, 0.25) is 5.02 Å². The lowest BCUT2D eigenvalue weighted by Crippen LogP contribution is -2.25. The molecule has 0 spiro atoms. The van der Waals surface area contributed by atoms with Gasteiger partial charge in [0.1, 0.15) is 17.2 Å². The van der Waals surface area contributed by atoms with Crippen LogP contribution in [0.25, 0.3) is 17.1 Å². The lowest BCUT2D eigenvalue weighted by molar-refractivity contribution is 0.0943. The summed E-state index contributed by atoms with van der Waals surface area (Å²) in [7, 11) is 1.91. The summed E-state index contributed by atoms with van der Waals surface area (Å²) < 4.78 is 16.6. The van der Waals surface area contributed by atoms with Crippen LogP contribution in [-0.2, 0) is 13.6 Å². The fraction of sp³-hybridized carbons (Fsp3) is 0.0909. The molecule has 1 amide bonds. The minimum absolute atomic E-state index is 0.270. The molecule has 0 unspecified atom stereocenters. The number of nitrogens with one attached hydrogen (secondary N) is 1. The maximum atomic E-state index is 13.1. The second-order valence-corrected chi connectivity index (χ2v) is 7.00. The van der Waals surface area contributed by atoms with Crippen LogP contribution in [0.3, 0.4) is 0 Å². The molecular formula is C22H18ClFN4O. The molecule has 2 aromatic carbocycles. The molecular weight excluding hydrogens is 391 g/mol. The number of carbonyl (C=O) groups excluding carboxylic acids is 1. The van der Waals surface area contributed by atoms with Gasteiger partial charge in [0.2, 0.25) is 0 Å². The van der Waals surface area contributed by atoms with Crippen molar-refractivity contribution in [2.45, 2.75) is 6.54 Å². The molecule has 0 saturated heterocycles. The molecule has 4 aromatic rings. The van der Waals surface area contributed by atoms with E-state index in [9.17, 15) is 9.18 Å². The number of carbonyl (C=O) groups is 1. The van der Waals surface area contributed by atoms with Crippen LogP contribution in [0.15, 0.2) is 72.9 Å². The number of aromatic nitrogens is 3. The van der Waals surface area contributed by atoms with E-state index < -0.39 is 0 Å². The van der Waals surface area contributed by atoms with Crippen LogP contribution in [0, 0.1) is 5.82 Å². The first-order valence-corrected chi connectivity index (χ1v) is 9.40. The lowest BCUT2D eigenvalue weighted by Gasteiger charge is -2.10. The van der Waals surface area contributed by atoms with E-state index in [0.717, 1.165) is 11.3 Å². The first-order chi connectivity index (χ1) is 14.0. The first kappa shape index (κ1) is 19.0. The maximum Gasteiger partial charge on any atom is 0.270 e. The van der Waals surface area contributed by atoms with E-state index in [1.807, 2.05) is 42.1 Å². The predicted molar refractivity (Wildman–Crippen MR) is 111 cm³/mol. The predicted octanol–water partition coefficient (Wildman–Crippen LogP) is 4.60. The fourth-order valence-corrected chi connectivity index (χ4v) is 3.29. The van der Waals surface area contributed by atoms with Crippen LogP contribution >= 0.6 is 11.6 Å². The Labute approximate surface area is 172 Å². The Bertz CT molecular complexity index is 1160. The molecule has 146 valence electrons. The molecule has 0 radical (unpaired) electrons. The Kier molecular flexibility index (Phi) is 5.18. The number of hydrogen-bond donors (Lipinski definition) is 1. The number of amides is 1. The summed E-state index contributed by atoms with van der Waals surface area (Å²) >= 11 is 6.36. The first-order valence-electron chi connectivity index (χ1n) is 9.02. The molecule has 1 N–H and O–H groups in total. The zero-order valence-corrected chi connectivity index (χ0v) is 16.4. The van der Waals surface area contributed by atoms with Gasteiger partial charge in [0.05, 0.1) is 16.4 Å². The van der Waals surface area contributed by atoms with Crippen LogP contribution in [0.5, 0.6) is 0 Å². The van der Waals surface area contributed by atoms with Gasteiger partial charge in [-0.1, -0.05) is 35.9 Å². The van der Waals surface area contributed by atoms with Crippen LogP contribution in [0.4, 0.5) is 4.39 Å². The van der Waals surface area contributed by atoms with E-state index in [0.29, 0.717) is 22.1 Å². The van der Waals surface area contributed by atoms with E-state index in [-0.39, 0.29) is 18.3 Å². The van der Waals surface area contributed by atoms with Crippen molar-refractivity contribution in [3.8, 4) is 17.1 Å². The van der Waals surface area contributed by atoms with Crippen molar-refractivity contribution in [2.75, 3.05) is 0 Å². The molecule has 0 fully saturated rings. The van der Waals surface area contributed by atoms with E-state index >= 15 is 0 Å². The Balaban J connectivity index is 1.69. The third-order valence-electron chi connectivity index (χ3n) is 4.60. The monoisotopic (exact) mass is 408 g/mol. The molecule has 7 heteroatoms. The Morgan fingerprint density at radius 2 is 1.86 bits per heavy atom. The molecule has 0 aliphatic heterocycles. The minimum atomic E-state index is -0.316. The average Bonchev–Trinajstić information content (AvgIpc) is 3.34. The van der Waals surface area contributed by atoms with Gasteiger partial charge in [-0.15, -0.1) is 0 Å². The topological polar surface area (TPSA) is 51.9 Å².